The molecular weight excluding hydrogens is 432 g/mol. The summed E-state index contributed by atoms with van der Waals surface area (Å²) in [5.74, 6) is -0.750. The quantitative estimate of drug-likeness (QED) is 0.428. The monoisotopic (exact) mass is 458 g/mol. The molecule has 1 aliphatic rings. The average molecular weight is 458 g/mol. The Hall–Kier alpha value is -3.86. The maximum atomic E-state index is 12.6. The Morgan fingerprint density at radius 3 is 2.36 bits per heavy atom. The predicted octanol–water partition coefficient (Wildman–Crippen LogP) is 2.22. The third-order valence-corrected chi connectivity index (χ3v) is 5.51. The first-order valence-corrected chi connectivity index (χ1v) is 10.3. The van der Waals surface area contributed by atoms with E-state index in [0.29, 0.717) is 26.2 Å². The number of rotatable bonds is 9. The van der Waals surface area contributed by atoms with Crippen molar-refractivity contribution in [1.29, 1.82) is 0 Å². The lowest BCUT2D eigenvalue weighted by molar-refractivity contribution is -0.384. The minimum atomic E-state index is -1.09. The highest BCUT2D eigenvalue weighted by atomic mass is 16.6. The summed E-state index contributed by atoms with van der Waals surface area (Å²) in [7, 11) is 2.93. The third kappa shape index (κ3) is 5.69. The number of ether oxygens (including phenoxy) is 2. The van der Waals surface area contributed by atoms with E-state index < -0.39 is 22.8 Å². The van der Waals surface area contributed by atoms with Crippen LogP contribution in [0.3, 0.4) is 0 Å². The van der Waals surface area contributed by atoms with Crippen LogP contribution in [0.1, 0.15) is 6.42 Å². The van der Waals surface area contributed by atoms with Crippen molar-refractivity contribution in [2.45, 2.75) is 12.5 Å². The second-order valence-electron chi connectivity index (χ2n) is 7.44. The largest absolute Gasteiger partial charge is 0.495 e. The summed E-state index contributed by atoms with van der Waals surface area (Å²) in [4.78, 5) is 38.8. The van der Waals surface area contributed by atoms with Crippen LogP contribution in [0.15, 0.2) is 42.5 Å². The van der Waals surface area contributed by atoms with Gasteiger partial charge in [-0.2, -0.15) is 0 Å². The molecule has 11 nitrogen and oxygen atoms in total. The number of nitro groups is 1. The number of nitrogens with zero attached hydrogens (tertiary/aromatic N) is 3. The average Bonchev–Trinajstić information content (AvgIpc) is 2.82. The standard InChI is InChI=1S/C22H26N4O7/c1-32-19-6-4-3-5-17(19)24-9-11-25(12-10-24)18(22(28)29)14-21(27)23-16-8-7-15(26(30)31)13-20(16)33-2/h3-8,13,18H,9-12,14H2,1-2H3,(H,23,27)(H,28,29)/t18-/m1/s1. The summed E-state index contributed by atoms with van der Waals surface area (Å²) in [6.45, 7) is 2.09. The Kier molecular flexibility index (Phi) is 7.67. The number of nitro benzene ring substituents is 1. The maximum Gasteiger partial charge on any atom is 0.321 e. The highest BCUT2D eigenvalue weighted by Crippen LogP contribution is 2.30. The number of nitrogens with one attached hydrogen (secondary N) is 1. The van der Waals surface area contributed by atoms with Gasteiger partial charge in [-0.3, -0.25) is 24.6 Å². The topological polar surface area (TPSA) is 134 Å². The molecule has 0 spiro atoms. The van der Waals surface area contributed by atoms with Gasteiger partial charge in [0.15, 0.2) is 0 Å². The normalized spacial score (nSPS) is 14.9. The van der Waals surface area contributed by atoms with E-state index in [1.807, 2.05) is 24.3 Å². The number of hydrogen-bond donors (Lipinski definition) is 2. The smallest absolute Gasteiger partial charge is 0.321 e. The Morgan fingerprint density at radius 1 is 1.09 bits per heavy atom. The predicted molar refractivity (Wildman–Crippen MR) is 121 cm³/mol. The van der Waals surface area contributed by atoms with Gasteiger partial charge in [0.2, 0.25) is 5.91 Å². The molecule has 0 bridgehead atoms. The number of hydrogen-bond acceptors (Lipinski definition) is 8. The SMILES string of the molecule is COc1cc([N+](=O)[O-])ccc1NC(=O)C[C@H](C(=O)O)N1CCN(c2ccccc2OC)CC1. The fraction of sp³-hybridized carbons (Fsp3) is 0.364. The fourth-order valence-corrected chi connectivity index (χ4v) is 3.81. The summed E-state index contributed by atoms with van der Waals surface area (Å²) in [5.41, 5.74) is 0.994. The molecule has 0 unspecified atom stereocenters. The zero-order valence-corrected chi connectivity index (χ0v) is 18.4. The zero-order valence-electron chi connectivity index (χ0n) is 18.4. The molecule has 1 heterocycles. The first kappa shape index (κ1) is 23.8. The number of piperazine rings is 1. The van der Waals surface area contributed by atoms with Gasteiger partial charge in [-0.1, -0.05) is 12.1 Å². The number of carbonyl (C=O) groups is 2. The van der Waals surface area contributed by atoms with E-state index in [1.54, 1.807) is 12.0 Å². The van der Waals surface area contributed by atoms with Gasteiger partial charge in [0.1, 0.15) is 17.5 Å². The number of benzene rings is 2. The molecule has 0 saturated carbocycles. The lowest BCUT2D eigenvalue weighted by Crippen LogP contribution is -2.53. The Labute approximate surface area is 190 Å². The number of carbonyl (C=O) groups excluding carboxylic acids is 1. The molecule has 1 atom stereocenters. The molecule has 1 aliphatic heterocycles. The number of non-ortho nitro benzene ring substituents is 1. The molecule has 33 heavy (non-hydrogen) atoms. The number of anilines is 2. The summed E-state index contributed by atoms with van der Waals surface area (Å²) in [5, 5.41) is 23.3. The van der Waals surface area contributed by atoms with Crippen molar-refractivity contribution in [3.8, 4) is 11.5 Å². The molecule has 0 radical (unpaired) electrons. The molecule has 2 N–H and O–H groups in total. The molecule has 0 aromatic heterocycles. The van der Waals surface area contributed by atoms with Crippen molar-refractivity contribution in [2.75, 3.05) is 50.6 Å². The minimum absolute atomic E-state index is 0.120. The molecule has 1 fully saturated rings. The van der Waals surface area contributed by atoms with Crippen molar-refractivity contribution in [3.05, 3.63) is 52.6 Å². The summed E-state index contributed by atoms with van der Waals surface area (Å²) in [6, 6.07) is 10.4. The molecule has 3 rings (SSSR count). The molecule has 11 heteroatoms. The molecule has 1 saturated heterocycles. The highest BCUT2D eigenvalue weighted by Gasteiger charge is 2.31. The van der Waals surface area contributed by atoms with Gasteiger partial charge in [0.25, 0.3) is 5.69 Å². The van der Waals surface area contributed by atoms with Crippen LogP contribution in [-0.2, 0) is 9.59 Å². The second kappa shape index (κ2) is 10.6. The van der Waals surface area contributed by atoms with E-state index in [2.05, 4.69) is 10.2 Å². The zero-order chi connectivity index (χ0) is 24.0. The van der Waals surface area contributed by atoms with Crippen molar-refractivity contribution in [3.63, 3.8) is 0 Å². The molecule has 2 aromatic rings. The van der Waals surface area contributed by atoms with Crippen LogP contribution in [0.25, 0.3) is 0 Å². The van der Waals surface area contributed by atoms with Crippen molar-refractivity contribution in [1.82, 2.24) is 4.90 Å². The van der Waals surface area contributed by atoms with Gasteiger partial charge in [0, 0.05) is 32.2 Å². The third-order valence-electron chi connectivity index (χ3n) is 5.51. The molecule has 0 aliphatic carbocycles. The Bertz CT molecular complexity index is 1020. The fourth-order valence-electron chi connectivity index (χ4n) is 3.81. The highest BCUT2D eigenvalue weighted by molar-refractivity contribution is 5.95. The van der Waals surface area contributed by atoms with Gasteiger partial charge in [-0.15, -0.1) is 0 Å². The molecule has 1 amide bonds. The first-order valence-electron chi connectivity index (χ1n) is 10.3. The number of carboxylic acids is 1. The van der Waals surface area contributed by atoms with Crippen molar-refractivity contribution < 1.29 is 29.1 Å². The van der Waals surface area contributed by atoms with E-state index in [1.165, 1.54) is 25.3 Å². The number of carboxylic acid groups (broad SMARTS) is 1. The number of methoxy groups -OCH3 is 2. The summed E-state index contributed by atoms with van der Waals surface area (Å²) >= 11 is 0. The van der Waals surface area contributed by atoms with Crippen LogP contribution in [0.5, 0.6) is 11.5 Å². The van der Waals surface area contributed by atoms with Crippen LogP contribution in [-0.4, -0.2) is 73.2 Å². The Balaban J connectivity index is 1.64. The minimum Gasteiger partial charge on any atom is -0.495 e. The summed E-state index contributed by atoms with van der Waals surface area (Å²) in [6.07, 6.45) is -0.274. The lowest BCUT2D eigenvalue weighted by atomic mass is 10.1. The molecule has 176 valence electrons. The van der Waals surface area contributed by atoms with Gasteiger partial charge in [-0.25, -0.2) is 0 Å². The van der Waals surface area contributed by atoms with E-state index in [9.17, 15) is 24.8 Å². The van der Waals surface area contributed by atoms with E-state index in [4.69, 9.17) is 9.47 Å². The number of aliphatic carboxylic acids is 1. The van der Waals surface area contributed by atoms with Crippen LogP contribution in [0.2, 0.25) is 0 Å². The van der Waals surface area contributed by atoms with E-state index in [-0.39, 0.29) is 23.5 Å². The van der Waals surface area contributed by atoms with Gasteiger partial charge >= 0.3 is 5.97 Å². The molecular formula is C22H26N4O7. The number of para-hydroxylation sites is 2. The maximum absolute atomic E-state index is 12.6. The Morgan fingerprint density at radius 2 is 1.76 bits per heavy atom. The van der Waals surface area contributed by atoms with Gasteiger partial charge in [0.05, 0.1) is 43.0 Å². The second-order valence-corrected chi connectivity index (χ2v) is 7.44. The van der Waals surface area contributed by atoms with Crippen LogP contribution in [0, 0.1) is 10.1 Å². The van der Waals surface area contributed by atoms with E-state index >= 15 is 0 Å². The van der Waals surface area contributed by atoms with Crippen LogP contribution < -0.4 is 19.7 Å². The lowest BCUT2D eigenvalue weighted by Gasteiger charge is -2.39. The first-order chi connectivity index (χ1) is 15.8. The number of amides is 1. The van der Waals surface area contributed by atoms with Gasteiger partial charge in [-0.05, 0) is 18.2 Å². The van der Waals surface area contributed by atoms with Crippen molar-refractivity contribution >= 4 is 28.9 Å². The van der Waals surface area contributed by atoms with Gasteiger partial charge < -0.3 is 24.8 Å². The van der Waals surface area contributed by atoms with Crippen LogP contribution >= 0.6 is 0 Å². The molecule has 2 aromatic carbocycles. The summed E-state index contributed by atoms with van der Waals surface area (Å²) < 4.78 is 10.5. The van der Waals surface area contributed by atoms with E-state index in [0.717, 1.165) is 11.4 Å². The van der Waals surface area contributed by atoms with Crippen molar-refractivity contribution in [2.24, 2.45) is 0 Å². The van der Waals surface area contributed by atoms with Crippen LogP contribution in [0.4, 0.5) is 17.1 Å².